The number of anilines is 1. The highest BCUT2D eigenvalue weighted by molar-refractivity contribution is 6.09. The van der Waals surface area contributed by atoms with E-state index in [2.05, 4.69) is 15.3 Å². The number of amides is 2. The predicted octanol–water partition coefficient (Wildman–Crippen LogP) is 4.33. The Morgan fingerprint density at radius 3 is 2.37 bits per heavy atom. The lowest BCUT2D eigenvalue weighted by molar-refractivity contribution is -0.123. The summed E-state index contributed by atoms with van der Waals surface area (Å²) in [6.45, 7) is 0. The third-order valence-electron chi connectivity index (χ3n) is 6.22. The number of nitrogens with zero attached hydrogens (tertiary/aromatic N) is 3. The molecule has 1 N–H and O–H groups in total. The van der Waals surface area contributed by atoms with Crippen molar-refractivity contribution in [2.45, 2.75) is 44.2 Å². The van der Waals surface area contributed by atoms with Crippen LogP contribution in [0.1, 0.15) is 54.2 Å². The minimum Gasteiger partial charge on any atom is -0.493 e. The molecule has 8 nitrogen and oxygen atoms in total. The smallest absolute Gasteiger partial charge is 0.279 e. The standard InChI is InChI=1S/C27H30N4O4/c1-34-23-14-13-21(17-24(23)35-2)31(27(33)22-18-28-15-16-29-22)25(19-9-5-3-6-10-19)26(32)30-20-11-7-4-8-12-20/h3,5-6,9-10,13-18,20,25H,4,7-8,11-12H2,1-2H3,(H,30,32). The molecule has 4 rings (SSSR count). The van der Waals surface area contributed by atoms with Gasteiger partial charge in [0, 0.05) is 30.2 Å². The van der Waals surface area contributed by atoms with E-state index in [1.54, 1.807) is 25.3 Å². The lowest BCUT2D eigenvalue weighted by Gasteiger charge is -2.33. The highest BCUT2D eigenvalue weighted by Gasteiger charge is 2.35. The fraction of sp³-hybridized carbons (Fsp3) is 0.333. The fourth-order valence-corrected chi connectivity index (χ4v) is 4.47. The monoisotopic (exact) mass is 474 g/mol. The van der Waals surface area contributed by atoms with Gasteiger partial charge in [-0.2, -0.15) is 0 Å². The van der Waals surface area contributed by atoms with Crippen molar-refractivity contribution in [3.63, 3.8) is 0 Å². The van der Waals surface area contributed by atoms with Gasteiger partial charge in [-0.25, -0.2) is 4.98 Å². The molecule has 1 unspecified atom stereocenters. The summed E-state index contributed by atoms with van der Waals surface area (Å²) in [5.41, 5.74) is 1.30. The molecule has 3 aromatic rings. The number of benzene rings is 2. The Bertz CT molecular complexity index is 1130. The maximum Gasteiger partial charge on any atom is 0.279 e. The number of rotatable bonds is 8. The van der Waals surface area contributed by atoms with Crippen LogP contribution in [0.5, 0.6) is 11.5 Å². The summed E-state index contributed by atoms with van der Waals surface area (Å²) < 4.78 is 10.9. The Morgan fingerprint density at radius 2 is 1.71 bits per heavy atom. The average molecular weight is 475 g/mol. The predicted molar refractivity (Wildman–Crippen MR) is 133 cm³/mol. The minimum absolute atomic E-state index is 0.0846. The summed E-state index contributed by atoms with van der Waals surface area (Å²) in [6, 6.07) is 13.6. The van der Waals surface area contributed by atoms with E-state index in [0.717, 1.165) is 25.7 Å². The molecule has 1 aliphatic carbocycles. The van der Waals surface area contributed by atoms with Crippen molar-refractivity contribution in [1.29, 1.82) is 0 Å². The Labute approximate surface area is 205 Å². The van der Waals surface area contributed by atoms with Crippen molar-refractivity contribution >= 4 is 17.5 Å². The normalized spacial score (nSPS) is 14.6. The zero-order valence-electron chi connectivity index (χ0n) is 20.0. The number of methoxy groups -OCH3 is 2. The van der Waals surface area contributed by atoms with E-state index >= 15 is 0 Å². The fourth-order valence-electron chi connectivity index (χ4n) is 4.47. The first-order valence-electron chi connectivity index (χ1n) is 11.8. The average Bonchev–Trinajstić information content (AvgIpc) is 2.92. The molecule has 8 heteroatoms. The summed E-state index contributed by atoms with van der Waals surface area (Å²) in [6.07, 6.45) is 9.57. The SMILES string of the molecule is COc1ccc(N(C(=O)c2cnccn2)C(C(=O)NC2CCCCC2)c2ccccc2)cc1OC. The molecule has 1 fully saturated rings. The zero-order chi connectivity index (χ0) is 24.6. The van der Waals surface area contributed by atoms with Gasteiger partial charge < -0.3 is 14.8 Å². The van der Waals surface area contributed by atoms with Gasteiger partial charge in [0.2, 0.25) is 5.91 Å². The molecule has 0 bridgehead atoms. The van der Waals surface area contributed by atoms with Crippen LogP contribution in [0.15, 0.2) is 67.1 Å². The van der Waals surface area contributed by atoms with E-state index in [0.29, 0.717) is 22.7 Å². The second kappa shape index (κ2) is 11.5. The van der Waals surface area contributed by atoms with Gasteiger partial charge in [0.1, 0.15) is 11.7 Å². The van der Waals surface area contributed by atoms with Crippen LogP contribution >= 0.6 is 0 Å². The number of nitrogens with one attached hydrogen (secondary N) is 1. The number of carbonyl (C=O) groups excluding carboxylic acids is 2. The Kier molecular flexibility index (Phi) is 7.92. The first-order chi connectivity index (χ1) is 17.1. The van der Waals surface area contributed by atoms with E-state index in [1.807, 2.05) is 30.3 Å². The Balaban J connectivity index is 1.82. The van der Waals surface area contributed by atoms with Crippen molar-refractivity contribution in [3.05, 3.63) is 78.4 Å². The van der Waals surface area contributed by atoms with Crippen molar-refractivity contribution in [2.75, 3.05) is 19.1 Å². The van der Waals surface area contributed by atoms with Crippen LogP contribution in [0.4, 0.5) is 5.69 Å². The van der Waals surface area contributed by atoms with Gasteiger partial charge in [-0.15, -0.1) is 0 Å². The highest BCUT2D eigenvalue weighted by atomic mass is 16.5. The van der Waals surface area contributed by atoms with Gasteiger partial charge in [0.05, 0.1) is 20.4 Å². The lowest BCUT2D eigenvalue weighted by Crippen LogP contribution is -2.47. The molecule has 0 radical (unpaired) electrons. The van der Waals surface area contributed by atoms with Crippen molar-refractivity contribution in [2.24, 2.45) is 0 Å². The van der Waals surface area contributed by atoms with Gasteiger partial charge in [-0.05, 0) is 30.5 Å². The molecule has 1 saturated carbocycles. The molecule has 2 amide bonds. The third-order valence-corrected chi connectivity index (χ3v) is 6.22. The van der Waals surface area contributed by atoms with Crippen LogP contribution in [-0.4, -0.2) is 42.0 Å². The molecule has 1 aromatic heterocycles. The van der Waals surface area contributed by atoms with Crippen LogP contribution in [0, 0.1) is 0 Å². The number of hydrogen-bond acceptors (Lipinski definition) is 6. The Hall–Kier alpha value is -3.94. The molecular formula is C27H30N4O4. The topological polar surface area (TPSA) is 93.7 Å². The molecular weight excluding hydrogens is 444 g/mol. The molecule has 0 aliphatic heterocycles. The highest BCUT2D eigenvalue weighted by Crippen LogP contribution is 2.36. The summed E-state index contributed by atoms with van der Waals surface area (Å²) in [5.74, 6) is 0.278. The molecule has 35 heavy (non-hydrogen) atoms. The van der Waals surface area contributed by atoms with Gasteiger partial charge in [0.25, 0.3) is 5.91 Å². The lowest BCUT2D eigenvalue weighted by atomic mass is 9.94. The minimum atomic E-state index is -0.925. The molecule has 182 valence electrons. The second-order valence-corrected chi connectivity index (χ2v) is 8.46. The molecule has 0 saturated heterocycles. The van der Waals surface area contributed by atoms with Crippen molar-refractivity contribution in [3.8, 4) is 11.5 Å². The second-order valence-electron chi connectivity index (χ2n) is 8.46. The van der Waals surface area contributed by atoms with E-state index in [9.17, 15) is 9.59 Å². The Morgan fingerprint density at radius 1 is 0.971 bits per heavy atom. The van der Waals surface area contributed by atoms with E-state index in [-0.39, 0.29) is 17.6 Å². The number of carbonyl (C=O) groups is 2. The van der Waals surface area contributed by atoms with E-state index in [1.165, 1.54) is 37.0 Å². The largest absolute Gasteiger partial charge is 0.493 e. The zero-order valence-corrected chi connectivity index (χ0v) is 20.0. The molecule has 1 heterocycles. The van der Waals surface area contributed by atoms with Crippen LogP contribution < -0.4 is 19.7 Å². The first-order valence-corrected chi connectivity index (χ1v) is 11.8. The molecule has 2 aromatic carbocycles. The van der Waals surface area contributed by atoms with Gasteiger partial charge >= 0.3 is 0 Å². The summed E-state index contributed by atoms with van der Waals surface area (Å²) in [4.78, 5) is 37.5. The van der Waals surface area contributed by atoms with Crippen molar-refractivity contribution in [1.82, 2.24) is 15.3 Å². The summed E-state index contributed by atoms with van der Waals surface area (Å²) in [7, 11) is 3.07. The maximum absolute atomic E-state index is 13.9. The van der Waals surface area contributed by atoms with Crippen LogP contribution in [0.25, 0.3) is 0 Å². The molecule has 1 aliphatic rings. The molecule has 0 spiro atoms. The number of aromatic nitrogens is 2. The molecule has 1 atom stereocenters. The summed E-state index contributed by atoms with van der Waals surface area (Å²) in [5, 5.41) is 3.20. The first kappa shape index (κ1) is 24.2. The number of hydrogen-bond donors (Lipinski definition) is 1. The van der Waals surface area contributed by atoms with E-state index in [4.69, 9.17) is 9.47 Å². The van der Waals surface area contributed by atoms with Gasteiger partial charge in [-0.1, -0.05) is 49.6 Å². The van der Waals surface area contributed by atoms with Crippen molar-refractivity contribution < 1.29 is 19.1 Å². The van der Waals surface area contributed by atoms with Crippen LogP contribution in [0.2, 0.25) is 0 Å². The maximum atomic E-state index is 13.9. The quantitative estimate of drug-likeness (QED) is 0.522. The third kappa shape index (κ3) is 5.59. The van der Waals surface area contributed by atoms with Gasteiger partial charge in [-0.3, -0.25) is 19.5 Å². The number of ether oxygens (including phenoxy) is 2. The summed E-state index contributed by atoms with van der Waals surface area (Å²) >= 11 is 0. The van der Waals surface area contributed by atoms with Crippen LogP contribution in [-0.2, 0) is 4.79 Å². The van der Waals surface area contributed by atoms with Crippen LogP contribution in [0.3, 0.4) is 0 Å². The van der Waals surface area contributed by atoms with E-state index < -0.39 is 11.9 Å². The van der Waals surface area contributed by atoms with Gasteiger partial charge in [0.15, 0.2) is 11.5 Å².